The van der Waals surface area contributed by atoms with Crippen LogP contribution in [-0.4, -0.2) is 34.4 Å². The molecule has 0 radical (unpaired) electrons. The van der Waals surface area contributed by atoms with Crippen LogP contribution in [0.3, 0.4) is 0 Å². The highest BCUT2D eigenvalue weighted by Gasteiger charge is 2.34. The first kappa shape index (κ1) is 25.7. The van der Waals surface area contributed by atoms with E-state index in [1.54, 1.807) is 33.5 Å². The van der Waals surface area contributed by atoms with Crippen molar-refractivity contribution in [3.05, 3.63) is 101 Å². The van der Waals surface area contributed by atoms with Gasteiger partial charge in [0, 0.05) is 11.1 Å². The van der Waals surface area contributed by atoms with Gasteiger partial charge in [-0.15, -0.1) is 0 Å². The minimum Gasteiger partial charge on any atom is -0.493 e. The zero-order valence-electron chi connectivity index (χ0n) is 22.1. The number of ether oxygens (including phenoxy) is 6. The van der Waals surface area contributed by atoms with Gasteiger partial charge in [-0.3, -0.25) is 4.79 Å². The Labute approximate surface area is 227 Å². The van der Waals surface area contributed by atoms with Crippen molar-refractivity contribution in [3.8, 4) is 40.2 Å². The van der Waals surface area contributed by atoms with E-state index in [1.807, 2.05) is 78.9 Å². The molecule has 7 nitrogen and oxygen atoms in total. The highest BCUT2D eigenvalue weighted by Crippen LogP contribution is 2.45. The molecule has 0 aromatic heterocycles. The molecular weight excluding hydrogens is 496 g/mol. The summed E-state index contributed by atoms with van der Waals surface area (Å²) in [7, 11) is 6.25. The lowest BCUT2D eigenvalue weighted by Gasteiger charge is -2.26. The predicted molar refractivity (Wildman–Crippen MR) is 148 cm³/mol. The first-order valence-electron chi connectivity index (χ1n) is 12.3. The molecule has 0 atom stereocenters. The molecule has 1 heterocycles. The molecule has 0 bridgehead atoms. The molecule has 0 N–H and O–H groups in total. The number of fused-ring (bicyclic) bond motifs is 2. The van der Waals surface area contributed by atoms with Crippen molar-refractivity contribution in [1.82, 2.24) is 0 Å². The lowest BCUT2D eigenvalue weighted by atomic mass is 9.88. The van der Waals surface area contributed by atoms with Crippen LogP contribution in [0.4, 0.5) is 0 Å². The maximum absolute atomic E-state index is 13.7. The molecule has 7 heteroatoms. The SMILES string of the molecule is COc1ccc(/C=C\c2cc(OC)c(OC)c(OC)c2)cc1OC(=O)C1c2ccccc2Oc2ccccc21. The molecule has 0 amide bonds. The Balaban J connectivity index is 1.45. The van der Waals surface area contributed by atoms with Crippen molar-refractivity contribution in [2.24, 2.45) is 0 Å². The molecule has 0 fully saturated rings. The van der Waals surface area contributed by atoms with Crippen LogP contribution < -0.4 is 28.4 Å². The third kappa shape index (κ3) is 5.11. The van der Waals surface area contributed by atoms with E-state index in [0.717, 1.165) is 22.3 Å². The van der Waals surface area contributed by atoms with Crippen LogP contribution in [-0.2, 0) is 4.79 Å². The number of hydrogen-bond acceptors (Lipinski definition) is 7. The molecule has 198 valence electrons. The van der Waals surface area contributed by atoms with Crippen LogP contribution >= 0.6 is 0 Å². The second-order valence-electron chi connectivity index (χ2n) is 8.73. The smallest absolute Gasteiger partial charge is 0.323 e. The molecule has 1 aliphatic rings. The van der Waals surface area contributed by atoms with Gasteiger partial charge in [0.25, 0.3) is 0 Å². The second kappa shape index (κ2) is 11.2. The average Bonchev–Trinajstić information content (AvgIpc) is 2.98. The van der Waals surface area contributed by atoms with E-state index in [4.69, 9.17) is 28.4 Å². The number of esters is 1. The molecule has 39 heavy (non-hydrogen) atoms. The lowest BCUT2D eigenvalue weighted by molar-refractivity contribution is -0.135. The average molecular weight is 525 g/mol. The monoisotopic (exact) mass is 524 g/mol. The highest BCUT2D eigenvalue weighted by atomic mass is 16.6. The fourth-order valence-corrected chi connectivity index (χ4v) is 4.60. The summed E-state index contributed by atoms with van der Waals surface area (Å²) in [5.41, 5.74) is 3.15. The van der Waals surface area contributed by atoms with E-state index in [1.165, 1.54) is 7.11 Å². The van der Waals surface area contributed by atoms with Gasteiger partial charge in [-0.2, -0.15) is 0 Å². The molecule has 0 spiro atoms. The summed E-state index contributed by atoms with van der Waals surface area (Å²) < 4.78 is 33.8. The number of carbonyl (C=O) groups excluding carboxylic acids is 1. The molecule has 4 aromatic carbocycles. The zero-order chi connectivity index (χ0) is 27.4. The van der Waals surface area contributed by atoms with Crippen LogP contribution in [0.15, 0.2) is 78.9 Å². The van der Waals surface area contributed by atoms with Crippen molar-refractivity contribution >= 4 is 18.1 Å². The Kier molecular flexibility index (Phi) is 7.41. The zero-order valence-corrected chi connectivity index (χ0v) is 22.1. The van der Waals surface area contributed by atoms with Gasteiger partial charge in [-0.1, -0.05) is 54.6 Å². The second-order valence-corrected chi connectivity index (χ2v) is 8.73. The summed E-state index contributed by atoms with van der Waals surface area (Å²) in [6.45, 7) is 0. The summed E-state index contributed by atoms with van der Waals surface area (Å²) in [5, 5.41) is 0. The number of benzene rings is 4. The van der Waals surface area contributed by atoms with Crippen LogP contribution in [0.5, 0.6) is 40.2 Å². The Morgan fingerprint density at radius 3 is 1.74 bits per heavy atom. The number of methoxy groups -OCH3 is 4. The minimum absolute atomic E-state index is 0.316. The largest absolute Gasteiger partial charge is 0.493 e. The van der Waals surface area contributed by atoms with Gasteiger partial charge in [0.2, 0.25) is 5.75 Å². The summed E-state index contributed by atoms with van der Waals surface area (Å²) in [5.74, 6) is 2.58. The van der Waals surface area contributed by atoms with Gasteiger partial charge in [-0.05, 0) is 47.5 Å². The van der Waals surface area contributed by atoms with Crippen molar-refractivity contribution < 1.29 is 33.2 Å². The summed E-state index contributed by atoms with van der Waals surface area (Å²) in [6.07, 6.45) is 3.80. The van der Waals surface area contributed by atoms with E-state index >= 15 is 0 Å². The molecule has 5 rings (SSSR count). The summed E-state index contributed by atoms with van der Waals surface area (Å²) in [4.78, 5) is 13.7. The molecule has 0 saturated heterocycles. The third-order valence-electron chi connectivity index (χ3n) is 6.47. The first-order chi connectivity index (χ1) is 19.1. The van der Waals surface area contributed by atoms with Crippen molar-refractivity contribution in [1.29, 1.82) is 0 Å². The Bertz CT molecular complexity index is 1470. The Hall–Kier alpha value is -4.91. The summed E-state index contributed by atoms with van der Waals surface area (Å²) >= 11 is 0. The van der Waals surface area contributed by atoms with Gasteiger partial charge >= 0.3 is 5.97 Å². The summed E-state index contributed by atoms with van der Waals surface area (Å²) in [6, 6.07) is 24.1. The molecular formula is C32H28O7. The van der Waals surface area contributed by atoms with E-state index < -0.39 is 11.9 Å². The van der Waals surface area contributed by atoms with Gasteiger partial charge in [0.1, 0.15) is 17.4 Å². The van der Waals surface area contributed by atoms with Crippen LogP contribution in [0, 0.1) is 0 Å². The van der Waals surface area contributed by atoms with E-state index in [2.05, 4.69) is 0 Å². The maximum atomic E-state index is 13.7. The van der Waals surface area contributed by atoms with Crippen molar-refractivity contribution in [2.45, 2.75) is 5.92 Å². The number of hydrogen-bond donors (Lipinski definition) is 0. The quantitative estimate of drug-likeness (QED) is 0.144. The van der Waals surface area contributed by atoms with Crippen LogP contribution in [0.2, 0.25) is 0 Å². The normalized spacial score (nSPS) is 12.2. The molecule has 0 unspecified atom stereocenters. The highest BCUT2D eigenvalue weighted by molar-refractivity contribution is 5.87. The van der Waals surface area contributed by atoms with Crippen molar-refractivity contribution in [2.75, 3.05) is 28.4 Å². The van der Waals surface area contributed by atoms with E-state index in [0.29, 0.717) is 40.2 Å². The lowest BCUT2D eigenvalue weighted by Crippen LogP contribution is -2.23. The topological polar surface area (TPSA) is 72.5 Å². The van der Waals surface area contributed by atoms with Gasteiger partial charge in [0.05, 0.1) is 28.4 Å². The molecule has 1 aliphatic heterocycles. The standard InChI is InChI=1S/C32H28O7/c1-34-26-16-15-20(13-14-21-18-28(35-2)31(37-4)29(19-21)36-3)17-27(26)39-32(33)30-22-9-5-7-11-24(22)38-25-12-8-6-10-23(25)30/h5-19,30H,1-4H3/b14-13-. The van der Waals surface area contributed by atoms with Gasteiger partial charge < -0.3 is 28.4 Å². The first-order valence-corrected chi connectivity index (χ1v) is 12.3. The number of para-hydroxylation sites is 2. The number of carbonyl (C=O) groups is 1. The van der Waals surface area contributed by atoms with Crippen molar-refractivity contribution in [3.63, 3.8) is 0 Å². The Morgan fingerprint density at radius 2 is 1.18 bits per heavy atom. The fourth-order valence-electron chi connectivity index (χ4n) is 4.60. The maximum Gasteiger partial charge on any atom is 0.323 e. The molecule has 0 saturated carbocycles. The van der Waals surface area contributed by atoms with Gasteiger partial charge in [0.15, 0.2) is 23.0 Å². The van der Waals surface area contributed by atoms with Crippen LogP contribution in [0.1, 0.15) is 28.2 Å². The predicted octanol–water partition coefficient (Wildman–Crippen LogP) is 6.73. The molecule has 4 aromatic rings. The molecule has 0 aliphatic carbocycles. The van der Waals surface area contributed by atoms with E-state index in [9.17, 15) is 4.79 Å². The minimum atomic E-state index is -0.644. The van der Waals surface area contributed by atoms with Gasteiger partial charge in [-0.25, -0.2) is 0 Å². The van der Waals surface area contributed by atoms with E-state index in [-0.39, 0.29) is 0 Å². The Morgan fingerprint density at radius 1 is 0.641 bits per heavy atom. The van der Waals surface area contributed by atoms with Crippen LogP contribution in [0.25, 0.3) is 12.2 Å². The third-order valence-corrected chi connectivity index (χ3v) is 6.47. The fraction of sp³-hybridized carbons (Fsp3) is 0.156. The number of rotatable bonds is 8.